The van der Waals surface area contributed by atoms with Gasteiger partial charge in [0.1, 0.15) is 0 Å². The lowest BCUT2D eigenvalue weighted by atomic mass is 10.1. The quantitative estimate of drug-likeness (QED) is 0.484. The largest absolute Gasteiger partial charge is 0.294 e. The Morgan fingerprint density at radius 2 is 1.23 bits per heavy atom. The van der Waals surface area contributed by atoms with E-state index in [1.165, 1.54) is 11.1 Å². The van der Waals surface area contributed by atoms with Crippen LogP contribution in [0, 0.1) is 0 Å². The summed E-state index contributed by atoms with van der Waals surface area (Å²) in [5.74, 6) is 0.146. The second kappa shape index (κ2) is 9.33. The lowest BCUT2D eigenvalue weighted by molar-refractivity contribution is 0.0960. The Morgan fingerprint density at radius 3 is 1.73 bits per heavy atom. The Kier molecular flexibility index (Phi) is 6.59. The van der Waals surface area contributed by atoms with Crippen molar-refractivity contribution in [3.63, 3.8) is 0 Å². The first kappa shape index (κ1) is 18.4. The van der Waals surface area contributed by atoms with Crippen LogP contribution in [-0.2, 0) is 13.1 Å². The van der Waals surface area contributed by atoms with Gasteiger partial charge in [0, 0.05) is 36.6 Å². The molecule has 0 aliphatic rings. The maximum absolute atomic E-state index is 12.5. The third-order valence-corrected chi connectivity index (χ3v) is 4.57. The number of Topliss-reactive ketones (excluding diaryl/α,β-unsaturated/α-hetero) is 1. The van der Waals surface area contributed by atoms with Gasteiger partial charge in [0.2, 0.25) is 0 Å². The maximum atomic E-state index is 12.5. The first-order chi connectivity index (χ1) is 12.7. The molecule has 2 nitrogen and oxygen atoms in total. The van der Waals surface area contributed by atoms with E-state index in [1.54, 1.807) is 24.3 Å². The number of benzene rings is 3. The molecular formula is C23H22ClNO. The van der Waals surface area contributed by atoms with Crippen LogP contribution in [0.1, 0.15) is 27.9 Å². The van der Waals surface area contributed by atoms with E-state index in [2.05, 4.69) is 53.4 Å². The normalized spacial score (nSPS) is 10.8. The molecule has 0 amide bonds. The summed E-state index contributed by atoms with van der Waals surface area (Å²) in [6.07, 6.45) is 0.487. The molecule has 0 saturated carbocycles. The summed E-state index contributed by atoms with van der Waals surface area (Å²) in [5.41, 5.74) is 3.22. The van der Waals surface area contributed by atoms with Crippen LogP contribution in [0.4, 0.5) is 0 Å². The van der Waals surface area contributed by atoms with Gasteiger partial charge in [-0.25, -0.2) is 0 Å². The third-order valence-electron chi connectivity index (χ3n) is 4.32. The first-order valence-corrected chi connectivity index (χ1v) is 9.17. The van der Waals surface area contributed by atoms with E-state index >= 15 is 0 Å². The van der Waals surface area contributed by atoms with Crippen molar-refractivity contribution in [1.29, 1.82) is 0 Å². The van der Waals surface area contributed by atoms with Gasteiger partial charge in [-0.15, -0.1) is 0 Å². The molecule has 3 rings (SSSR count). The van der Waals surface area contributed by atoms with Gasteiger partial charge in [-0.1, -0.05) is 72.3 Å². The van der Waals surface area contributed by atoms with Crippen molar-refractivity contribution in [3.8, 4) is 0 Å². The molecule has 0 bridgehead atoms. The zero-order chi connectivity index (χ0) is 18.2. The van der Waals surface area contributed by atoms with E-state index in [4.69, 9.17) is 11.6 Å². The molecule has 0 spiro atoms. The van der Waals surface area contributed by atoms with Gasteiger partial charge >= 0.3 is 0 Å². The smallest absolute Gasteiger partial charge is 0.164 e. The molecule has 0 aliphatic carbocycles. The molecule has 0 aliphatic heterocycles. The van der Waals surface area contributed by atoms with E-state index in [-0.39, 0.29) is 5.78 Å². The lowest BCUT2D eigenvalue weighted by Crippen LogP contribution is -2.25. The van der Waals surface area contributed by atoms with Crippen molar-refractivity contribution in [1.82, 2.24) is 4.90 Å². The fourth-order valence-corrected chi connectivity index (χ4v) is 3.06. The first-order valence-electron chi connectivity index (χ1n) is 8.80. The van der Waals surface area contributed by atoms with Crippen molar-refractivity contribution in [2.24, 2.45) is 0 Å². The fourth-order valence-electron chi connectivity index (χ4n) is 2.94. The van der Waals surface area contributed by atoms with Crippen LogP contribution in [0.2, 0.25) is 5.02 Å². The van der Waals surface area contributed by atoms with E-state index in [1.807, 2.05) is 12.1 Å². The molecule has 0 atom stereocenters. The van der Waals surface area contributed by atoms with Gasteiger partial charge in [0.25, 0.3) is 0 Å². The molecule has 0 radical (unpaired) electrons. The monoisotopic (exact) mass is 363 g/mol. The van der Waals surface area contributed by atoms with Crippen molar-refractivity contribution in [2.45, 2.75) is 19.5 Å². The van der Waals surface area contributed by atoms with Gasteiger partial charge in [0.05, 0.1) is 0 Å². The van der Waals surface area contributed by atoms with Crippen molar-refractivity contribution in [3.05, 3.63) is 107 Å². The zero-order valence-electron chi connectivity index (χ0n) is 14.6. The standard InChI is InChI=1S/C23H22ClNO/c24-22-13-11-21(12-14-22)23(26)15-16-25(17-19-7-3-1-4-8-19)18-20-9-5-2-6-10-20/h1-14H,15-18H2. The van der Waals surface area contributed by atoms with Crippen molar-refractivity contribution in [2.75, 3.05) is 6.54 Å². The average molecular weight is 364 g/mol. The van der Waals surface area contributed by atoms with Gasteiger partial charge < -0.3 is 0 Å². The van der Waals surface area contributed by atoms with Crippen LogP contribution in [0.3, 0.4) is 0 Å². The molecule has 3 heteroatoms. The SMILES string of the molecule is O=C(CCN(Cc1ccccc1)Cc1ccccc1)c1ccc(Cl)cc1. The minimum absolute atomic E-state index is 0.146. The van der Waals surface area contributed by atoms with Gasteiger partial charge in [-0.2, -0.15) is 0 Å². The topological polar surface area (TPSA) is 20.3 Å². The van der Waals surface area contributed by atoms with Crippen LogP contribution in [0.15, 0.2) is 84.9 Å². The van der Waals surface area contributed by atoms with Crippen molar-refractivity contribution >= 4 is 17.4 Å². The summed E-state index contributed by atoms with van der Waals surface area (Å²) < 4.78 is 0. The van der Waals surface area contributed by atoms with Crippen LogP contribution in [0.5, 0.6) is 0 Å². The fraction of sp³-hybridized carbons (Fsp3) is 0.174. The predicted molar refractivity (Wildman–Crippen MR) is 107 cm³/mol. The Morgan fingerprint density at radius 1 is 0.731 bits per heavy atom. The van der Waals surface area contributed by atoms with E-state index in [0.717, 1.165) is 13.1 Å². The van der Waals surface area contributed by atoms with Crippen LogP contribution < -0.4 is 0 Å². The zero-order valence-corrected chi connectivity index (χ0v) is 15.4. The van der Waals surface area contributed by atoms with Crippen LogP contribution >= 0.6 is 11.6 Å². The maximum Gasteiger partial charge on any atom is 0.164 e. The Bertz CT molecular complexity index is 774. The number of ketones is 1. The predicted octanol–water partition coefficient (Wildman–Crippen LogP) is 5.62. The van der Waals surface area contributed by atoms with E-state index < -0.39 is 0 Å². The molecule has 0 heterocycles. The molecule has 0 unspecified atom stereocenters. The number of carbonyl (C=O) groups is 1. The second-order valence-corrected chi connectivity index (χ2v) is 6.80. The Hall–Kier alpha value is -2.42. The molecule has 0 aromatic heterocycles. The second-order valence-electron chi connectivity index (χ2n) is 6.36. The number of hydrogen-bond acceptors (Lipinski definition) is 2. The molecular weight excluding hydrogens is 342 g/mol. The highest BCUT2D eigenvalue weighted by Crippen LogP contribution is 2.14. The Labute approximate surface area is 160 Å². The number of halogens is 1. The minimum atomic E-state index is 0.146. The highest BCUT2D eigenvalue weighted by molar-refractivity contribution is 6.30. The van der Waals surface area contributed by atoms with Crippen LogP contribution in [-0.4, -0.2) is 17.2 Å². The molecule has 3 aromatic carbocycles. The minimum Gasteiger partial charge on any atom is -0.294 e. The van der Waals surface area contributed by atoms with Crippen LogP contribution in [0.25, 0.3) is 0 Å². The molecule has 26 heavy (non-hydrogen) atoms. The van der Waals surface area contributed by atoms with E-state index in [0.29, 0.717) is 23.6 Å². The number of carbonyl (C=O) groups excluding carboxylic acids is 1. The average Bonchev–Trinajstić information content (AvgIpc) is 2.68. The number of rotatable bonds is 8. The van der Waals surface area contributed by atoms with Gasteiger partial charge in [-0.05, 0) is 35.4 Å². The highest BCUT2D eigenvalue weighted by atomic mass is 35.5. The molecule has 132 valence electrons. The molecule has 3 aromatic rings. The highest BCUT2D eigenvalue weighted by Gasteiger charge is 2.11. The Balaban J connectivity index is 1.66. The summed E-state index contributed by atoms with van der Waals surface area (Å²) >= 11 is 5.90. The third kappa shape index (κ3) is 5.55. The summed E-state index contributed by atoms with van der Waals surface area (Å²) in [6, 6.07) is 27.9. The van der Waals surface area contributed by atoms with Gasteiger partial charge in [0.15, 0.2) is 5.78 Å². The molecule has 0 N–H and O–H groups in total. The van der Waals surface area contributed by atoms with Crippen molar-refractivity contribution < 1.29 is 4.79 Å². The van der Waals surface area contributed by atoms with Gasteiger partial charge in [-0.3, -0.25) is 9.69 Å². The number of nitrogens with zero attached hydrogens (tertiary/aromatic N) is 1. The van der Waals surface area contributed by atoms with E-state index in [9.17, 15) is 4.79 Å². The lowest BCUT2D eigenvalue weighted by Gasteiger charge is -2.22. The molecule has 0 saturated heterocycles. The summed E-state index contributed by atoms with van der Waals surface area (Å²) in [5, 5.41) is 0.649. The summed E-state index contributed by atoms with van der Waals surface area (Å²) in [4.78, 5) is 14.8. The summed E-state index contributed by atoms with van der Waals surface area (Å²) in [6.45, 7) is 2.36. The number of hydrogen-bond donors (Lipinski definition) is 0. The molecule has 0 fully saturated rings. The summed E-state index contributed by atoms with van der Waals surface area (Å²) in [7, 11) is 0.